The SMILES string of the molecule is O[C@@H]1CO[C@H]2C[C@H]1Nc1ccc(F)cc12. The van der Waals surface area contributed by atoms with Crippen molar-refractivity contribution in [2.75, 3.05) is 11.9 Å². The number of nitrogens with one attached hydrogen (secondary N) is 1. The lowest BCUT2D eigenvalue weighted by atomic mass is 9.90. The predicted molar refractivity (Wildman–Crippen MR) is 53.1 cm³/mol. The van der Waals surface area contributed by atoms with E-state index in [1.165, 1.54) is 12.1 Å². The van der Waals surface area contributed by atoms with Crippen molar-refractivity contribution < 1.29 is 14.2 Å². The Labute approximate surface area is 86.9 Å². The van der Waals surface area contributed by atoms with Crippen molar-refractivity contribution in [3.8, 4) is 0 Å². The highest BCUT2D eigenvalue weighted by Gasteiger charge is 2.36. The van der Waals surface area contributed by atoms with Gasteiger partial charge in [0.15, 0.2) is 0 Å². The summed E-state index contributed by atoms with van der Waals surface area (Å²) in [5, 5.41) is 12.8. The summed E-state index contributed by atoms with van der Waals surface area (Å²) < 4.78 is 18.5. The largest absolute Gasteiger partial charge is 0.389 e. The second-order valence-electron chi connectivity index (χ2n) is 4.11. The molecule has 1 fully saturated rings. The normalized spacial score (nSPS) is 33.1. The van der Waals surface area contributed by atoms with Crippen molar-refractivity contribution in [2.24, 2.45) is 0 Å². The summed E-state index contributed by atoms with van der Waals surface area (Å²) in [6, 6.07) is 4.65. The second-order valence-corrected chi connectivity index (χ2v) is 4.11. The molecule has 2 aliphatic rings. The molecule has 0 aliphatic carbocycles. The van der Waals surface area contributed by atoms with E-state index < -0.39 is 6.10 Å². The Balaban J connectivity index is 2.03. The molecule has 4 heteroatoms. The lowest BCUT2D eigenvalue weighted by Crippen LogP contribution is -2.45. The van der Waals surface area contributed by atoms with Crippen LogP contribution in [-0.4, -0.2) is 23.9 Å². The van der Waals surface area contributed by atoms with Crippen molar-refractivity contribution in [3.05, 3.63) is 29.6 Å². The minimum atomic E-state index is -0.473. The van der Waals surface area contributed by atoms with E-state index in [1.807, 2.05) is 0 Å². The Kier molecular flexibility index (Phi) is 1.94. The third-order valence-corrected chi connectivity index (χ3v) is 3.10. The molecular formula is C11H12FNO2. The number of aliphatic hydroxyl groups excluding tert-OH is 1. The predicted octanol–water partition coefficient (Wildman–Crippen LogP) is 1.44. The van der Waals surface area contributed by atoms with E-state index in [0.29, 0.717) is 13.0 Å². The minimum Gasteiger partial charge on any atom is -0.389 e. The Bertz CT molecular complexity index is 396. The summed E-state index contributed by atoms with van der Waals surface area (Å²) in [7, 11) is 0. The van der Waals surface area contributed by atoms with E-state index >= 15 is 0 Å². The Morgan fingerprint density at radius 3 is 3.20 bits per heavy atom. The lowest BCUT2D eigenvalue weighted by Gasteiger charge is -2.40. The zero-order valence-corrected chi connectivity index (χ0v) is 8.11. The number of aliphatic hydroxyl groups is 1. The van der Waals surface area contributed by atoms with Crippen LogP contribution in [0.1, 0.15) is 18.1 Å². The van der Waals surface area contributed by atoms with E-state index in [0.717, 1.165) is 11.3 Å². The van der Waals surface area contributed by atoms with Gasteiger partial charge in [-0.3, -0.25) is 0 Å². The summed E-state index contributed by atoms with van der Waals surface area (Å²) >= 11 is 0. The first-order valence-corrected chi connectivity index (χ1v) is 5.10. The van der Waals surface area contributed by atoms with Crippen molar-refractivity contribution in [1.82, 2.24) is 0 Å². The number of ether oxygens (including phenoxy) is 1. The topological polar surface area (TPSA) is 41.5 Å². The third kappa shape index (κ3) is 1.41. The number of hydrogen-bond donors (Lipinski definition) is 2. The highest BCUT2D eigenvalue weighted by molar-refractivity contribution is 5.55. The first-order chi connectivity index (χ1) is 7.24. The summed E-state index contributed by atoms with van der Waals surface area (Å²) in [5.41, 5.74) is 1.73. The molecule has 3 nitrogen and oxygen atoms in total. The van der Waals surface area contributed by atoms with Gasteiger partial charge in [-0.2, -0.15) is 0 Å². The molecular weight excluding hydrogens is 197 g/mol. The van der Waals surface area contributed by atoms with Crippen molar-refractivity contribution in [2.45, 2.75) is 24.7 Å². The highest BCUT2D eigenvalue weighted by atomic mass is 19.1. The highest BCUT2D eigenvalue weighted by Crippen LogP contribution is 2.39. The van der Waals surface area contributed by atoms with E-state index in [9.17, 15) is 9.50 Å². The van der Waals surface area contributed by atoms with E-state index in [-0.39, 0.29) is 18.0 Å². The number of rotatable bonds is 0. The molecule has 0 aromatic heterocycles. The molecule has 0 spiro atoms. The molecule has 2 aliphatic heterocycles. The van der Waals surface area contributed by atoms with Crippen LogP contribution in [0.5, 0.6) is 0 Å². The third-order valence-electron chi connectivity index (χ3n) is 3.10. The number of hydrogen-bond acceptors (Lipinski definition) is 3. The van der Waals surface area contributed by atoms with Gasteiger partial charge < -0.3 is 15.2 Å². The Morgan fingerprint density at radius 1 is 1.47 bits per heavy atom. The van der Waals surface area contributed by atoms with Gasteiger partial charge in [0, 0.05) is 17.7 Å². The van der Waals surface area contributed by atoms with Crippen molar-refractivity contribution in [1.29, 1.82) is 0 Å². The second kappa shape index (κ2) is 3.18. The van der Waals surface area contributed by atoms with Crippen molar-refractivity contribution >= 4 is 5.69 Å². The smallest absolute Gasteiger partial charge is 0.123 e. The quantitative estimate of drug-likeness (QED) is 0.679. The van der Waals surface area contributed by atoms with Gasteiger partial charge in [0.2, 0.25) is 0 Å². The molecule has 3 atom stereocenters. The van der Waals surface area contributed by atoms with Gasteiger partial charge in [-0.25, -0.2) is 4.39 Å². The van der Waals surface area contributed by atoms with Gasteiger partial charge in [-0.15, -0.1) is 0 Å². The van der Waals surface area contributed by atoms with Crippen LogP contribution < -0.4 is 5.32 Å². The Morgan fingerprint density at radius 2 is 2.33 bits per heavy atom. The summed E-state index contributed by atoms with van der Waals surface area (Å²) in [6.07, 6.45) is 0.155. The van der Waals surface area contributed by atoms with E-state index in [2.05, 4.69) is 5.32 Å². The van der Waals surface area contributed by atoms with Crippen LogP contribution in [-0.2, 0) is 4.74 Å². The van der Waals surface area contributed by atoms with Crippen LogP contribution in [0, 0.1) is 5.82 Å². The molecule has 1 aromatic carbocycles. The molecule has 2 heterocycles. The van der Waals surface area contributed by atoms with Crippen LogP contribution in [0.3, 0.4) is 0 Å². The van der Waals surface area contributed by atoms with E-state index in [1.54, 1.807) is 6.07 Å². The van der Waals surface area contributed by atoms with Gasteiger partial charge in [0.05, 0.1) is 24.9 Å². The molecule has 15 heavy (non-hydrogen) atoms. The average Bonchev–Trinajstić information content (AvgIpc) is 2.24. The molecule has 1 aromatic rings. The maximum absolute atomic E-state index is 13.1. The van der Waals surface area contributed by atoms with Crippen LogP contribution in [0.2, 0.25) is 0 Å². The summed E-state index contributed by atoms with van der Waals surface area (Å²) in [6.45, 7) is 0.318. The van der Waals surface area contributed by atoms with Crippen LogP contribution in [0.4, 0.5) is 10.1 Å². The van der Waals surface area contributed by atoms with Gasteiger partial charge in [0.25, 0.3) is 0 Å². The molecule has 80 valence electrons. The Hall–Kier alpha value is -1.13. The first-order valence-electron chi connectivity index (χ1n) is 5.10. The molecule has 0 amide bonds. The number of fused-ring (bicyclic) bond motifs is 4. The fourth-order valence-corrected chi connectivity index (χ4v) is 2.29. The molecule has 2 N–H and O–H groups in total. The van der Waals surface area contributed by atoms with Gasteiger partial charge in [-0.05, 0) is 18.2 Å². The minimum absolute atomic E-state index is 0.0294. The lowest BCUT2D eigenvalue weighted by molar-refractivity contribution is -0.0673. The maximum Gasteiger partial charge on any atom is 0.123 e. The van der Waals surface area contributed by atoms with Crippen LogP contribution in [0.15, 0.2) is 18.2 Å². The zero-order chi connectivity index (χ0) is 10.4. The van der Waals surface area contributed by atoms with E-state index in [4.69, 9.17) is 4.74 Å². The van der Waals surface area contributed by atoms with Crippen LogP contribution >= 0.6 is 0 Å². The molecule has 3 rings (SSSR count). The molecule has 0 radical (unpaired) electrons. The molecule has 0 unspecified atom stereocenters. The zero-order valence-electron chi connectivity index (χ0n) is 8.11. The number of halogens is 1. The maximum atomic E-state index is 13.1. The first kappa shape index (κ1) is 9.12. The number of benzene rings is 1. The fraction of sp³-hybridized carbons (Fsp3) is 0.455. The fourth-order valence-electron chi connectivity index (χ4n) is 2.29. The molecule has 2 bridgehead atoms. The summed E-state index contributed by atoms with van der Waals surface area (Å²) in [4.78, 5) is 0. The van der Waals surface area contributed by atoms with Gasteiger partial charge >= 0.3 is 0 Å². The van der Waals surface area contributed by atoms with Gasteiger partial charge in [-0.1, -0.05) is 0 Å². The van der Waals surface area contributed by atoms with Gasteiger partial charge in [0.1, 0.15) is 5.82 Å². The average molecular weight is 209 g/mol. The molecule has 1 saturated heterocycles. The monoisotopic (exact) mass is 209 g/mol. The van der Waals surface area contributed by atoms with Crippen molar-refractivity contribution in [3.63, 3.8) is 0 Å². The van der Waals surface area contributed by atoms with Crippen LogP contribution in [0.25, 0.3) is 0 Å². The molecule has 0 saturated carbocycles. The number of anilines is 1. The summed E-state index contributed by atoms with van der Waals surface area (Å²) in [5.74, 6) is -0.247. The standard InChI is InChI=1S/C11H12FNO2/c12-6-1-2-8-7(3-6)11-4-9(13-8)10(14)5-15-11/h1-3,9-11,13-14H,4-5H2/t9-,10-,11+/m1/s1.